The van der Waals surface area contributed by atoms with Gasteiger partial charge in [-0.1, -0.05) is 36.6 Å². The zero-order valence-corrected chi connectivity index (χ0v) is 17.4. The van der Waals surface area contributed by atoms with Gasteiger partial charge in [-0.05, 0) is 43.5 Å². The Morgan fingerprint density at radius 1 is 1.17 bits per heavy atom. The zero-order valence-electron chi connectivity index (χ0n) is 16.6. The second-order valence-corrected chi connectivity index (χ2v) is 9.90. The van der Waals surface area contributed by atoms with E-state index in [1.807, 2.05) is 25.1 Å². The van der Waals surface area contributed by atoms with Crippen molar-refractivity contribution in [3.05, 3.63) is 69.4 Å². The number of aromatic nitrogens is 1. The number of aromatic hydroxyl groups is 1. The highest BCUT2D eigenvalue weighted by Crippen LogP contribution is 2.38. The van der Waals surface area contributed by atoms with Gasteiger partial charge in [0, 0.05) is 11.9 Å². The van der Waals surface area contributed by atoms with Crippen molar-refractivity contribution in [2.24, 2.45) is 5.92 Å². The minimum Gasteiger partial charge on any atom is -0.506 e. The molecule has 2 N–H and O–H groups in total. The van der Waals surface area contributed by atoms with Gasteiger partial charge in [-0.2, -0.15) is 0 Å². The summed E-state index contributed by atoms with van der Waals surface area (Å²) in [5.41, 5.74) is 1.69. The minimum atomic E-state index is -3.75. The number of sulfone groups is 1. The highest BCUT2D eigenvalue weighted by molar-refractivity contribution is 7.94. The lowest BCUT2D eigenvalue weighted by Gasteiger charge is -2.22. The Balaban J connectivity index is 1.75. The third-order valence-electron chi connectivity index (χ3n) is 5.86. The first-order valence-electron chi connectivity index (χ1n) is 10.0. The minimum absolute atomic E-state index is 0.0121. The van der Waals surface area contributed by atoms with Crippen LogP contribution in [0.5, 0.6) is 5.75 Å². The summed E-state index contributed by atoms with van der Waals surface area (Å²) in [6.07, 6.45) is 3.25. The largest absolute Gasteiger partial charge is 0.506 e. The van der Waals surface area contributed by atoms with Crippen LogP contribution >= 0.6 is 0 Å². The molecular weight excluding hydrogens is 400 g/mol. The van der Waals surface area contributed by atoms with E-state index in [-0.39, 0.29) is 21.9 Å². The molecule has 2 aliphatic rings. The molecule has 2 heterocycles. The van der Waals surface area contributed by atoms with Crippen LogP contribution in [-0.4, -0.2) is 18.1 Å². The summed E-state index contributed by atoms with van der Waals surface area (Å²) in [4.78, 5) is 13.6. The number of benzene rings is 2. The average Bonchev–Trinajstić information content (AvgIpc) is 3.52. The molecule has 154 valence electrons. The van der Waals surface area contributed by atoms with E-state index in [1.165, 1.54) is 18.9 Å². The van der Waals surface area contributed by atoms with E-state index in [1.54, 1.807) is 22.8 Å². The normalized spacial score (nSPS) is 17.3. The summed E-state index contributed by atoms with van der Waals surface area (Å²) in [5.74, 6) is 0.434. The van der Waals surface area contributed by atoms with E-state index in [9.17, 15) is 18.3 Å². The molecule has 0 amide bonds. The molecule has 1 fully saturated rings. The zero-order chi connectivity index (χ0) is 21.0. The van der Waals surface area contributed by atoms with Crippen LogP contribution in [-0.2, 0) is 16.4 Å². The predicted molar refractivity (Wildman–Crippen MR) is 117 cm³/mol. The molecule has 0 unspecified atom stereocenters. The molecule has 30 heavy (non-hydrogen) atoms. The van der Waals surface area contributed by atoms with Crippen LogP contribution in [0.2, 0.25) is 0 Å². The average molecular weight is 423 g/mol. The van der Waals surface area contributed by atoms with Crippen molar-refractivity contribution in [2.75, 3.05) is 5.32 Å². The first-order valence-corrected chi connectivity index (χ1v) is 11.6. The summed E-state index contributed by atoms with van der Waals surface area (Å²) in [6, 6.07) is 12.1. The van der Waals surface area contributed by atoms with Crippen molar-refractivity contribution >= 4 is 32.1 Å². The smallest absolute Gasteiger partial charge is 0.264 e. The molecule has 1 aromatic heterocycles. The standard InChI is InChI=1S/C23H22N2O4S/c1-14-6-9-19-16(12-14)22(26)21(23(27)25(19)11-10-15-7-8-15)18-13-30(28,29)20-5-3-2-4-17(20)24-18/h2-6,9,12-13,15,24,26H,7-8,10-11H2,1H3. The molecule has 1 saturated carbocycles. The maximum absolute atomic E-state index is 13.5. The maximum Gasteiger partial charge on any atom is 0.264 e. The molecule has 1 aliphatic carbocycles. The quantitative estimate of drug-likeness (QED) is 0.663. The van der Waals surface area contributed by atoms with Gasteiger partial charge in [-0.25, -0.2) is 8.42 Å². The molecule has 1 aliphatic heterocycles. The van der Waals surface area contributed by atoms with Crippen LogP contribution < -0.4 is 10.9 Å². The predicted octanol–water partition coefficient (Wildman–Crippen LogP) is 4.01. The first kappa shape index (κ1) is 18.9. The number of anilines is 1. The molecule has 3 aromatic rings. The second-order valence-electron chi connectivity index (χ2n) is 8.13. The Kier molecular flexibility index (Phi) is 4.25. The number of nitrogens with one attached hydrogen (secondary N) is 1. The highest BCUT2D eigenvalue weighted by atomic mass is 32.2. The monoisotopic (exact) mass is 422 g/mol. The summed E-state index contributed by atoms with van der Waals surface area (Å²) >= 11 is 0. The fraction of sp³-hybridized carbons (Fsp3) is 0.261. The number of fused-ring (bicyclic) bond motifs is 2. The van der Waals surface area contributed by atoms with Crippen molar-refractivity contribution < 1.29 is 13.5 Å². The van der Waals surface area contributed by atoms with E-state index >= 15 is 0 Å². The van der Waals surface area contributed by atoms with Gasteiger partial charge in [0.1, 0.15) is 11.3 Å². The lowest BCUT2D eigenvalue weighted by Crippen LogP contribution is -2.27. The summed E-state index contributed by atoms with van der Waals surface area (Å²) in [5, 5.41) is 15.7. The Morgan fingerprint density at radius 3 is 2.70 bits per heavy atom. The third-order valence-corrected chi connectivity index (χ3v) is 7.37. The van der Waals surface area contributed by atoms with Crippen molar-refractivity contribution in [1.29, 1.82) is 0 Å². The molecule has 6 nitrogen and oxygen atoms in total. The lowest BCUT2D eigenvalue weighted by atomic mass is 10.0. The summed E-state index contributed by atoms with van der Waals surface area (Å²) < 4.78 is 27.3. The van der Waals surface area contributed by atoms with Gasteiger partial charge < -0.3 is 15.0 Å². The molecule has 5 rings (SSSR count). The molecule has 0 spiro atoms. The van der Waals surface area contributed by atoms with E-state index in [4.69, 9.17) is 0 Å². The fourth-order valence-electron chi connectivity index (χ4n) is 4.07. The Bertz CT molecular complexity index is 1380. The number of hydrogen-bond acceptors (Lipinski definition) is 5. The Morgan fingerprint density at radius 2 is 1.93 bits per heavy atom. The van der Waals surface area contributed by atoms with Crippen LogP contribution in [0.15, 0.2) is 57.6 Å². The summed E-state index contributed by atoms with van der Waals surface area (Å²) in [7, 11) is -3.75. The van der Waals surface area contributed by atoms with E-state index < -0.39 is 15.4 Å². The van der Waals surface area contributed by atoms with Crippen molar-refractivity contribution in [1.82, 2.24) is 4.57 Å². The molecule has 7 heteroatoms. The topological polar surface area (TPSA) is 88.4 Å². The Labute approximate surface area is 174 Å². The second kappa shape index (κ2) is 6.74. The van der Waals surface area contributed by atoms with Gasteiger partial charge in [0.25, 0.3) is 5.56 Å². The van der Waals surface area contributed by atoms with Gasteiger partial charge in [0.15, 0.2) is 0 Å². The molecule has 0 saturated heterocycles. The van der Waals surface area contributed by atoms with Crippen LogP contribution in [0.3, 0.4) is 0 Å². The first-order chi connectivity index (χ1) is 14.3. The molecule has 2 aromatic carbocycles. The van der Waals surface area contributed by atoms with Crippen molar-refractivity contribution in [2.45, 2.75) is 37.6 Å². The molecule has 0 radical (unpaired) electrons. The van der Waals surface area contributed by atoms with E-state index in [0.717, 1.165) is 17.4 Å². The van der Waals surface area contributed by atoms with Gasteiger partial charge in [0.2, 0.25) is 9.84 Å². The molecular formula is C23H22N2O4S. The van der Waals surface area contributed by atoms with Gasteiger partial charge in [0.05, 0.1) is 27.2 Å². The number of rotatable bonds is 4. The van der Waals surface area contributed by atoms with Crippen molar-refractivity contribution in [3.63, 3.8) is 0 Å². The maximum atomic E-state index is 13.5. The third kappa shape index (κ3) is 3.10. The van der Waals surface area contributed by atoms with Gasteiger partial charge >= 0.3 is 0 Å². The molecule has 0 atom stereocenters. The van der Waals surface area contributed by atoms with Gasteiger partial charge in [-0.3, -0.25) is 4.79 Å². The van der Waals surface area contributed by atoms with Crippen LogP contribution in [0.1, 0.15) is 30.4 Å². The number of nitrogens with zero attached hydrogens (tertiary/aromatic N) is 1. The van der Waals surface area contributed by atoms with Gasteiger partial charge in [-0.15, -0.1) is 0 Å². The number of para-hydroxylation sites is 1. The number of pyridine rings is 1. The van der Waals surface area contributed by atoms with Crippen LogP contribution in [0.25, 0.3) is 16.6 Å². The lowest BCUT2D eigenvalue weighted by molar-refractivity contribution is 0.475. The SMILES string of the molecule is Cc1ccc2c(c1)c(O)c(C1=CS(=O)(=O)c3ccccc3N1)c(=O)n2CCC1CC1. The highest BCUT2D eigenvalue weighted by Gasteiger charge is 2.29. The van der Waals surface area contributed by atoms with E-state index in [0.29, 0.717) is 29.1 Å². The number of hydrogen-bond donors (Lipinski definition) is 2. The van der Waals surface area contributed by atoms with Crippen LogP contribution in [0.4, 0.5) is 5.69 Å². The van der Waals surface area contributed by atoms with Crippen LogP contribution in [0, 0.1) is 12.8 Å². The van der Waals surface area contributed by atoms with E-state index in [2.05, 4.69) is 5.32 Å². The summed E-state index contributed by atoms with van der Waals surface area (Å²) in [6.45, 7) is 2.45. The number of aryl methyl sites for hydroxylation is 2. The fourth-order valence-corrected chi connectivity index (χ4v) is 5.38. The van der Waals surface area contributed by atoms with Crippen molar-refractivity contribution in [3.8, 4) is 5.75 Å². The molecule has 0 bridgehead atoms. The Hall–Kier alpha value is -3.06.